The van der Waals surface area contributed by atoms with Crippen molar-refractivity contribution >= 4 is 52.5 Å². The van der Waals surface area contributed by atoms with E-state index in [1.54, 1.807) is 42.7 Å². The second-order valence-electron chi connectivity index (χ2n) is 6.29. The van der Waals surface area contributed by atoms with Gasteiger partial charge in [-0.15, -0.1) is 0 Å². The number of thiocarbonyl (C=S) groups is 1. The third-order valence-electron chi connectivity index (χ3n) is 4.42. The number of hydrogen-bond donors (Lipinski definition) is 1. The number of hydrogen-bond acceptors (Lipinski definition) is 4. The number of anilines is 1. The van der Waals surface area contributed by atoms with Gasteiger partial charge in [0.15, 0.2) is 5.11 Å². The van der Waals surface area contributed by atoms with E-state index in [1.807, 2.05) is 36.4 Å². The van der Waals surface area contributed by atoms with Crippen LogP contribution in [0.3, 0.4) is 0 Å². The number of pyridine rings is 1. The van der Waals surface area contributed by atoms with Gasteiger partial charge in [-0.1, -0.05) is 35.9 Å². The first kappa shape index (κ1) is 19.0. The lowest BCUT2D eigenvalue weighted by molar-refractivity contribution is -0.122. The molecule has 1 saturated heterocycles. The molecule has 2 amide bonds. The molecule has 7 heteroatoms. The van der Waals surface area contributed by atoms with Crippen molar-refractivity contribution in [2.75, 3.05) is 4.90 Å². The number of nitrogens with zero attached hydrogens (tertiary/aromatic N) is 2. The monoisotopic (exact) mass is 419 g/mol. The molecule has 2 heterocycles. The summed E-state index contributed by atoms with van der Waals surface area (Å²) in [6, 6.07) is 18.0. The molecule has 0 atom stereocenters. The molecule has 0 radical (unpaired) electrons. The summed E-state index contributed by atoms with van der Waals surface area (Å²) < 4.78 is 0. The Morgan fingerprint density at radius 2 is 1.52 bits per heavy atom. The Morgan fingerprint density at radius 1 is 0.897 bits per heavy atom. The number of nitrogens with one attached hydrogen (secondary N) is 1. The molecule has 5 nitrogen and oxygen atoms in total. The molecule has 3 aromatic rings. The first-order valence-electron chi connectivity index (χ1n) is 8.70. The summed E-state index contributed by atoms with van der Waals surface area (Å²) in [5.74, 6) is -1.01. The van der Waals surface area contributed by atoms with Crippen molar-refractivity contribution in [2.45, 2.75) is 0 Å². The van der Waals surface area contributed by atoms with Crippen molar-refractivity contribution in [3.8, 4) is 11.1 Å². The van der Waals surface area contributed by atoms with E-state index < -0.39 is 11.8 Å². The zero-order valence-electron chi connectivity index (χ0n) is 15.0. The van der Waals surface area contributed by atoms with Crippen LogP contribution in [0.4, 0.5) is 5.69 Å². The molecule has 1 aliphatic heterocycles. The molecule has 1 aliphatic rings. The molecule has 1 N–H and O–H groups in total. The summed E-state index contributed by atoms with van der Waals surface area (Å²) in [5.41, 5.74) is 3.31. The summed E-state index contributed by atoms with van der Waals surface area (Å²) in [6.45, 7) is 0. The smallest absolute Gasteiger partial charge is 0.270 e. The minimum absolute atomic E-state index is 0.00483. The number of carbonyl (C=O) groups is 2. The normalized spacial score (nSPS) is 15.6. The lowest BCUT2D eigenvalue weighted by atomic mass is 10.0. The van der Waals surface area contributed by atoms with Crippen molar-refractivity contribution in [3.63, 3.8) is 0 Å². The highest BCUT2D eigenvalue weighted by Gasteiger charge is 2.34. The van der Waals surface area contributed by atoms with Crippen LogP contribution in [0, 0.1) is 0 Å². The fraction of sp³-hybridized carbons (Fsp3) is 0. The summed E-state index contributed by atoms with van der Waals surface area (Å²) in [6.07, 6.45) is 5.01. The van der Waals surface area contributed by atoms with Gasteiger partial charge in [-0.25, -0.2) is 0 Å². The molecule has 29 heavy (non-hydrogen) atoms. The summed E-state index contributed by atoms with van der Waals surface area (Å²) in [7, 11) is 0. The van der Waals surface area contributed by atoms with Crippen LogP contribution < -0.4 is 10.2 Å². The Morgan fingerprint density at radius 3 is 2.17 bits per heavy atom. The molecule has 2 aromatic carbocycles. The van der Waals surface area contributed by atoms with Gasteiger partial charge in [-0.05, 0) is 71.4 Å². The summed E-state index contributed by atoms with van der Waals surface area (Å²) in [4.78, 5) is 30.7. The van der Waals surface area contributed by atoms with Crippen molar-refractivity contribution in [2.24, 2.45) is 0 Å². The fourth-order valence-corrected chi connectivity index (χ4v) is 3.37. The van der Waals surface area contributed by atoms with Gasteiger partial charge < -0.3 is 0 Å². The number of amides is 2. The molecule has 0 aliphatic carbocycles. The van der Waals surface area contributed by atoms with E-state index in [2.05, 4.69) is 10.3 Å². The molecule has 0 saturated carbocycles. The van der Waals surface area contributed by atoms with E-state index in [0.29, 0.717) is 10.7 Å². The molecule has 0 bridgehead atoms. The molecular weight excluding hydrogens is 406 g/mol. The van der Waals surface area contributed by atoms with Crippen LogP contribution in [0.5, 0.6) is 0 Å². The van der Waals surface area contributed by atoms with Crippen molar-refractivity contribution in [3.05, 3.63) is 89.2 Å². The van der Waals surface area contributed by atoms with Crippen LogP contribution in [-0.2, 0) is 9.59 Å². The van der Waals surface area contributed by atoms with Crippen molar-refractivity contribution < 1.29 is 9.59 Å². The van der Waals surface area contributed by atoms with Crippen LogP contribution in [0.1, 0.15) is 5.56 Å². The van der Waals surface area contributed by atoms with Crippen LogP contribution >= 0.6 is 23.8 Å². The van der Waals surface area contributed by atoms with E-state index in [0.717, 1.165) is 16.7 Å². The van der Waals surface area contributed by atoms with Gasteiger partial charge in [0.25, 0.3) is 11.8 Å². The highest BCUT2D eigenvalue weighted by Crippen LogP contribution is 2.24. The van der Waals surface area contributed by atoms with Gasteiger partial charge in [0.2, 0.25) is 0 Å². The van der Waals surface area contributed by atoms with Crippen LogP contribution in [0.15, 0.2) is 78.6 Å². The average molecular weight is 420 g/mol. The van der Waals surface area contributed by atoms with Crippen molar-refractivity contribution in [1.82, 2.24) is 10.3 Å². The Kier molecular flexibility index (Phi) is 5.20. The first-order valence-corrected chi connectivity index (χ1v) is 9.49. The van der Waals surface area contributed by atoms with Crippen molar-refractivity contribution in [1.29, 1.82) is 0 Å². The van der Waals surface area contributed by atoms with Crippen LogP contribution in [0.25, 0.3) is 17.2 Å². The lowest BCUT2D eigenvalue weighted by Crippen LogP contribution is -2.54. The highest BCUT2D eigenvalue weighted by atomic mass is 35.5. The minimum atomic E-state index is -0.525. The molecule has 1 fully saturated rings. The molecule has 4 rings (SSSR count). The predicted octanol–water partition coefficient (Wildman–Crippen LogP) is 4.23. The van der Waals surface area contributed by atoms with E-state index in [1.165, 1.54) is 4.90 Å². The molecule has 1 aromatic heterocycles. The van der Waals surface area contributed by atoms with Gasteiger partial charge in [-0.2, -0.15) is 0 Å². The maximum atomic E-state index is 13.0. The van der Waals surface area contributed by atoms with Gasteiger partial charge in [-0.3, -0.25) is 24.8 Å². The van der Waals surface area contributed by atoms with Gasteiger partial charge in [0.05, 0.1) is 5.69 Å². The second kappa shape index (κ2) is 7.95. The standard InChI is InChI=1S/C22H14ClN3O2S/c23-17-5-7-18(8-6-17)26-21(28)19(20(27)25-22(26)29)13-14-1-3-15(4-2-14)16-9-11-24-12-10-16/h1-13H,(H,25,27,29)/b19-13-. The van der Waals surface area contributed by atoms with E-state index in [-0.39, 0.29) is 10.7 Å². The number of rotatable bonds is 3. The Bertz CT molecular complexity index is 1130. The Balaban J connectivity index is 1.65. The minimum Gasteiger partial charge on any atom is -0.298 e. The zero-order chi connectivity index (χ0) is 20.4. The molecular formula is C22H14ClN3O2S. The Labute approximate surface area is 177 Å². The summed E-state index contributed by atoms with van der Waals surface area (Å²) >= 11 is 11.1. The number of aromatic nitrogens is 1. The van der Waals surface area contributed by atoms with Gasteiger partial charge in [0.1, 0.15) is 5.57 Å². The second-order valence-corrected chi connectivity index (χ2v) is 7.12. The molecule has 0 unspecified atom stereocenters. The summed E-state index contributed by atoms with van der Waals surface area (Å²) in [5, 5.41) is 3.14. The average Bonchev–Trinajstić information content (AvgIpc) is 2.73. The van der Waals surface area contributed by atoms with E-state index in [9.17, 15) is 9.59 Å². The van der Waals surface area contributed by atoms with E-state index in [4.69, 9.17) is 23.8 Å². The van der Waals surface area contributed by atoms with Gasteiger partial charge in [0, 0.05) is 17.4 Å². The number of carbonyl (C=O) groups excluding carboxylic acids is 2. The fourth-order valence-electron chi connectivity index (χ4n) is 2.96. The third-order valence-corrected chi connectivity index (χ3v) is 4.96. The highest BCUT2D eigenvalue weighted by molar-refractivity contribution is 7.80. The Hall–Kier alpha value is -3.35. The lowest BCUT2D eigenvalue weighted by Gasteiger charge is -2.28. The number of benzene rings is 2. The topological polar surface area (TPSA) is 62.3 Å². The third kappa shape index (κ3) is 3.94. The molecule has 142 valence electrons. The maximum absolute atomic E-state index is 13.0. The molecule has 0 spiro atoms. The SMILES string of the molecule is O=C1NC(=S)N(c2ccc(Cl)cc2)C(=O)/C1=C\c1ccc(-c2ccncc2)cc1. The predicted molar refractivity (Wildman–Crippen MR) is 117 cm³/mol. The maximum Gasteiger partial charge on any atom is 0.270 e. The zero-order valence-corrected chi connectivity index (χ0v) is 16.6. The first-order chi connectivity index (χ1) is 14.0. The quantitative estimate of drug-likeness (QED) is 0.392. The number of halogens is 1. The van der Waals surface area contributed by atoms with Crippen LogP contribution in [0.2, 0.25) is 5.02 Å². The van der Waals surface area contributed by atoms with Gasteiger partial charge >= 0.3 is 0 Å². The van der Waals surface area contributed by atoms with E-state index >= 15 is 0 Å². The van der Waals surface area contributed by atoms with Crippen LogP contribution in [-0.4, -0.2) is 21.9 Å². The largest absolute Gasteiger partial charge is 0.298 e.